The van der Waals surface area contributed by atoms with Crippen LogP contribution in [0.5, 0.6) is 0 Å². The lowest BCUT2D eigenvalue weighted by atomic mass is 10.1. The second kappa shape index (κ2) is 4.78. The molecule has 0 aromatic carbocycles. The Hall–Kier alpha value is -0.570. The van der Waals surface area contributed by atoms with Crippen LogP contribution in [0.2, 0.25) is 0 Å². The number of hydrogen-bond acceptors (Lipinski definition) is 2. The van der Waals surface area contributed by atoms with Crippen LogP contribution in [0.4, 0.5) is 0 Å². The van der Waals surface area contributed by atoms with E-state index in [4.69, 9.17) is 4.74 Å². The summed E-state index contributed by atoms with van der Waals surface area (Å²) < 4.78 is 5.07. The predicted octanol–water partition coefficient (Wildman–Crippen LogP) is 1.81. The van der Waals surface area contributed by atoms with Crippen molar-refractivity contribution in [3.05, 3.63) is 0 Å². The van der Waals surface area contributed by atoms with Gasteiger partial charge in [0.2, 0.25) is 0 Å². The topological polar surface area (TPSA) is 29.5 Å². The van der Waals surface area contributed by atoms with E-state index >= 15 is 0 Å². The molecular weight excluding hydrogens is 178 g/mol. The Kier molecular flexibility index (Phi) is 3.93. The van der Waals surface area contributed by atoms with Gasteiger partial charge in [-0.3, -0.25) is 4.79 Å². The normalized spacial score (nSPS) is 29.3. The van der Waals surface area contributed by atoms with E-state index in [2.05, 4.69) is 13.8 Å². The molecule has 1 aliphatic heterocycles. The van der Waals surface area contributed by atoms with Crippen molar-refractivity contribution in [3.8, 4) is 0 Å². The van der Waals surface area contributed by atoms with Gasteiger partial charge in [0.1, 0.15) is 6.10 Å². The highest BCUT2D eigenvalue weighted by atomic mass is 16.5. The van der Waals surface area contributed by atoms with Crippen LogP contribution in [0.15, 0.2) is 0 Å². The summed E-state index contributed by atoms with van der Waals surface area (Å²) in [4.78, 5) is 14.0. The van der Waals surface area contributed by atoms with Gasteiger partial charge in [-0.2, -0.15) is 0 Å². The van der Waals surface area contributed by atoms with Gasteiger partial charge in [0, 0.05) is 19.2 Å². The molecule has 3 atom stereocenters. The van der Waals surface area contributed by atoms with Gasteiger partial charge in [-0.1, -0.05) is 6.92 Å². The van der Waals surface area contributed by atoms with Crippen LogP contribution in [0.3, 0.4) is 0 Å². The maximum atomic E-state index is 12.0. The summed E-state index contributed by atoms with van der Waals surface area (Å²) in [5, 5.41) is 0. The van der Waals surface area contributed by atoms with Gasteiger partial charge in [-0.05, 0) is 33.1 Å². The van der Waals surface area contributed by atoms with E-state index in [1.165, 1.54) is 0 Å². The molecule has 1 rings (SSSR count). The third-order valence-corrected chi connectivity index (χ3v) is 3.21. The first-order valence-electron chi connectivity index (χ1n) is 5.46. The molecule has 3 unspecified atom stereocenters. The van der Waals surface area contributed by atoms with Crippen molar-refractivity contribution >= 4 is 5.91 Å². The summed E-state index contributed by atoms with van der Waals surface area (Å²) >= 11 is 0. The Bertz CT molecular complexity index is 205. The molecule has 0 saturated carbocycles. The Morgan fingerprint density at radius 1 is 1.57 bits per heavy atom. The number of amides is 1. The van der Waals surface area contributed by atoms with Crippen molar-refractivity contribution in [3.63, 3.8) is 0 Å². The lowest BCUT2D eigenvalue weighted by Crippen LogP contribution is -2.45. The lowest BCUT2D eigenvalue weighted by molar-refractivity contribution is -0.143. The maximum Gasteiger partial charge on any atom is 0.251 e. The fourth-order valence-corrected chi connectivity index (χ4v) is 2.18. The molecule has 14 heavy (non-hydrogen) atoms. The van der Waals surface area contributed by atoms with E-state index in [1.807, 2.05) is 11.8 Å². The molecule has 0 aromatic rings. The largest absolute Gasteiger partial charge is 0.372 e. The third-order valence-electron chi connectivity index (χ3n) is 3.21. The highest BCUT2D eigenvalue weighted by Crippen LogP contribution is 2.26. The van der Waals surface area contributed by atoms with Gasteiger partial charge in [0.15, 0.2) is 0 Å². The summed E-state index contributed by atoms with van der Waals surface area (Å²) in [6.07, 6.45) is 3.01. The zero-order chi connectivity index (χ0) is 10.7. The van der Waals surface area contributed by atoms with Crippen LogP contribution in [0.25, 0.3) is 0 Å². The minimum Gasteiger partial charge on any atom is -0.372 e. The van der Waals surface area contributed by atoms with Crippen LogP contribution >= 0.6 is 0 Å². The number of carbonyl (C=O) groups excluding carboxylic acids is 1. The predicted molar refractivity (Wildman–Crippen MR) is 56.1 cm³/mol. The lowest BCUT2D eigenvalue weighted by Gasteiger charge is -2.30. The third kappa shape index (κ3) is 2.08. The van der Waals surface area contributed by atoms with Gasteiger partial charge in [0.25, 0.3) is 5.91 Å². The molecule has 1 heterocycles. The van der Waals surface area contributed by atoms with E-state index in [-0.39, 0.29) is 12.0 Å². The number of carbonyl (C=O) groups is 1. The second-order valence-corrected chi connectivity index (χ2v) is 4.11. The van der Waals surface area contributed by atoms with Crippen molar-refractivity contribution in [2.24, 2.45) is 0 Å². The SMILES string of the molecule is CCC1CCC(C)N1C(=O)C(C)OC. The number of nitrogens with zero attached hydrogens (tertiary/aromatic N) is 1. The first kappa shape index (κ1) is 11.5. The minimum atomic E-state index is -0.301. The molecule has 1 aliphatic rings. The molecule has 1 saturated heterocycles. The van der Waals surface area contributed by atoms with Crippen LogP contribution in [-0.2, 0) is 9.53 Å². The molecule has 0 spiro atoms. The zero-order valence-corrected chi connectivity index (χ0v) is 9.62. The average molecular weight is 199 g/mol. The number of hydrogen-bond donors (Lipinski definition) is 0. The van der Waals surface area contributed by atoms with E-state index in [0.29, 0.717) is 12.1 Å². The number of rotatable bonds is 3. The Morgan fingerprint density at radius 2 is 2.21 bits per heavy atom. The van der Waals surface area contributed by atoms with Crippen molar-refractivity contribution in [2.45, 2.75) is 58.2 Å². The summed E-state index contributed by atoms with van der Waals surface area (Å²) in [5.74, 6) is 0.143. The van der Waals surface area contributed by atoms with E-state index in [9.17, 15) is 4.79 Å². The monoisotopic (exact) mass is 199 g/mol. The molecule has 0 aromatic heterocycles. The molecule has 82 valence electrons. The minimum absolute atomic E-state index is 0.143. The Morgan fingerprint density at radius 3 is 2.71 bits per heavy atom. The van der Waals surface area contributed by atoms with E-state index in [1.54, 1.807) is 7.11 Å². The zero-order valence-electron chi connectivity index (χ0n) is 9.62. The van der Waals surface area contributed by atoms with Gasteiger partial charge in [-0.15, -0.1) is 0 Å². The van der Waals surface area contributed by atoms with Crippen LogP contribution in [0, 0.1) is 0 Å². The standard InChI is InChI=1S/C11H21NO2/c1-5-10-7-6-8(2)12(10)11(13)9(3)14-4/h8-10H,5-7H2,1-4H3. The number of methoxy groups -OCH3 is 1. The summed E-state index contributed by atoms with van der Waals surface area (Å²) in [6, 6.07) is 0.806. The summed E-state index contributed by atoms with van der Waals surface area (Å²) in [5.41, 5.74) is 0. The summed E-state index contributed by atoms with van der Waals surface area (Å²) in [7, 11) is 1.59. The van der Waals surface area contributed by atoms with Crippen LogP contribution in [0.1, 0.15) is 40.0 Å². The van der Waals surface area contributed by atoms with Crippen molar-refractivity contribution in [1.82, 2.24) is 4.90 Å². The maximum absolute atomic E-state index is 12.0. The first-order valence-corrected chi connectivity index (χ1v) is 5.46. The Labute approximate surface area is 86.4 Å². The molecular formula is C11H21NO2. The van der Waals surface area contributed by atoms with E-state index in [0.717, 1.165) is 19.3 Å². The van der Waals surface area contributed by atoms with Crippen molar-refractivity contribution < 1.29 is 9.53 Å². The molecule has 0 aliphatic carbocycles. The Balaban J connectivity index is 2.68. The molecule has 3 heteroatoms. The molecule has 0 N–H and O–H groups in total. The molecule has 3 nitrogen and oxygen atoms in total. The van der Waals surface area contributed by atoms with Crippen molar-refractivity contribution in [1.29, 1.82) is 0 Å². The molecule has 0 bridgehead atoms. The number of ether oxygens (including phenoxy) is 1. The van der Waals surface area contributed by atoms with Gasteiger partial charge < -0.3 is 9.64 Å². The van der Waals surface area contributed by atoms with Gasteiger partial charge in [-0.25, -0.2) is 0 Å². The van der Waals surface area contributed by atoms with Gasteiger partial charge >= 0.3 is 0 Å². The highest BCUT2D eigenvalue weighted by Gasteiger charge is 2.35. The first-order chi connectivity index (χ1) is 6.61. The molecule has 1 amide bonds. The van der Waals surface area contributed by atoms with Crippen LogP contribution < -0.4 is 0 Å². The van der Waals surface area contributed by atoms with Gasteiger partial charge in [0.05, 0.1) is 0 Å². The summed E-state index contributed by atoms with van der Waals surface area (Å²) in [6.45, 7) is 6.08. The fourth-order valence-electron chi connectivity index (χ4n) is 2.18. The molecule has 0 radical (unpaired) electrons. The smallest absolute Gasteiger partial charge is 0.251 e. The van der Waals surface area contributed by atoms with E-state index < -0.39 is 0 Å². The number of likely N-dealkylation sites (tertiary alicyclic amines) is 1. The quantitative estimate of drug-likeness (QED) is 0.693. The fraction of sp³-hybridized carbons (Fsp3) is 0.909. The second-order valence-electron chi connectivity index (χ2n) is 4.11. The average Bonchev–Trinajstić information content (AvgIpc) is 2.57. The molecule has 1 fully saturated rings. The highest BCUT2D eigenvalue weighted by molar-refractivity contribution is 5.81. The van der Waals surface area contributed by atoms with Crippen LogP contribution in [-0.4, -0.2) is 36.1 Å². The van der Waals surface area contributed by atoms with Crippen molar-refractivity contribution in [2.75, 3.05) is 7.11 Å².